The minimum atomic E-state index is -1.55. The van der Waals surface area contributed by atoms with E-state index >= 15 is 0 Å². The van der Waals surface area contributed by atoms with E-state index in [1.165, 1.54) is 19.3 Å². The van der Waals surface area contributed by atoms with Crippen LogP contribution in [0.3, 0.4) is 0 Å². The molecule has 0 bridgehead atoms. The van der Waals surface area contributed by atoms with E-state index in [-0.39, 0.29) is 25.0 Å². The molecule has 0 amide bonds. The Morgan fingerprint density at radius 3 is 2.24 bits per heavy atom. The molecule has 49 heavy (non-hydrogen) atoms. The van der Waals surface area contributed by atoms with Gasteiger partial charge in [-0.25, -0.2) is 4.79 Å². The van der Waals surface area contributed by atoms with Gasteiger partial charge in [0.25, 0.3) is 0 Å². The molecule has 0 spiro atoms. The molecule has 1 fully saturated rings. The van der Waals surface area contributed by atoms with E-state index in [0.29, 0.717) is 39.4 Å². The Morgan fingerprint density at radius 2 is 1.63 bits per heavy atom. The zero-order chi connectivity index (χ0) is 35.4. The minimum absolute atomic E-state index is 0.00410. The number of rotatable bonds is 18. The second-order valence-corrected chi connectivity index (χ2v) is 14.1. The van der Waals surface area contributed by atoms with Gasteiger partial charge < -0.3 is 20.9 Å². The van der Waals surface area contributed by atoms with Crippen LogP contribution in [0, 0.1) is 0 Å². The highest BCUT2D eigenvalue weighted by Crippen LogP contribution is 2.34. The minimum Gasteiger partial charge on any atom is -0.461 e. The highest BCUT2D eigenvalue weighted by atomic mass is 79.9. The lowest BCUT2D eigenvalue weighted by Gasteiger charge is -2.36. The fourth-order valence-corrected chi connectivity index (χ4v) is 7.36. The van der Waals surface area contributed by atoms with E-state index in [0.717, 1.165) is 37.7 Å². The van der Waals surface area contributed by atoms with Crippen LogP contribution in [0.15, 0.2) is 77.3 Å². The van der Waals surface area contributed by atoms with Crippen molar-refractivity contribution in [3.8, 4) is 0 Å². The lowest BCUT2D eigenvalue weighted by Crippen LogP contribution is -2.55. The van der Waals surface area contributed by atoms with Crippen LogP contribution in [0.5, 0.6) is 0 Å². The van der Waals surface area contributed by atoms with Gasteiger partial charge in [0.1, 0.15) is 12.0 Å². The molecular formula is C40H52BrN3O5. The fourth-order valence-electron chi connectivity index (χ4n) is 6.88. The molecule has 1 aliphatic carbocycles. The number of benzene rings is 3. The number of ketones is 2. The van der Waals surface area contributed by atoms with Crippen molar-refractivity contribution >= 4 is 39.2 Å². The molecule has 0 radical (unpaired) electrons. The second kappa shape index (κ2) is 18.6. The monoisotopic (exact) mass is 733 g/mol. The maximum absolute atomic E-state index is 14.5. The third kappa shape index (κ3) is 9.45. The number of ether oxygens (including phenoxy) is 1. The van der Waals surface area contributed by atoms with Gasteiger partial charge in [-0.2, -0.15) is 0 Å². The Labute approximate surface area is 299 Å². The molecule has 3 atom stereocenters. The fraction of sp³-hybridized carbons (Fsp3) is 0.475. The summed E-state index contributed by atoms with van der Waals surface area (Å²) in [6, 6.07) is 20.7. The number of nitrogens with one attached hydrogen (secondary N) is 1. The van der Waals surface area contributed by atoms with Crippen LogP contribution >= 0.6 is 15.9 Å². The normalized spacial score (nSPS) is 16.1. The molecule has 9 heteroatoms. The van der Waals surface area contributed by atoms with E-state index in [1.807, 2.05) is 30.0 Å². The molecule has 0 saturated heterocycles. The molecule has 264 valence electrons. The van der Waals surface area contributed by atoms with Gasteiger partial charge >= 0.3 is 5.97 Å². The van der Waals surface area contributed by atoms with E-state index in [1.54, 1.807) is 61.5 Å². The Morgan fingerprint density at radius 1 is 0.980 bits per heavy atom. The average Bonchev–Trinajstić information content (AvgIpc) is 3.14. The average molecular weight is 735 g/mol. The number of esters is 1. The van der Waals surface area contributed by atoms with Gasteiger partial charge in [0.05, 0.1) is 23.9 Å². The number of Topliss-reactive ketones (excluding diaryl/α,β-unsaturated/α-hetero) is 2. The number of hydrogen-bond donors (Lipinski definition) is 3. The molecule has 1 saturated carbocycles. The highest BCUT2D eigenvalue weighted by molar-refractivity contribution is 9.10. The van der Waals surface area contributed by atoms with Crippen molar-refractivity contribution in [1.29, 1.82) is 0 Å². The van der Waals surface area contributed by atoms with Crippen molar-refractivity contribution in [3.63, 3.8) is 0 Å². The summed E-state index contributed by atoms with van der Waals surface area (Å²) in [5.74, 6) is -1.23. The number of unbranched alkanes of at least 4 members (excludes halogenated alkanes) is 1. The number of hydrogen-bond acceptors (Lipinski definition) is 8. The number of halogens is 1. The molecule has 1 aliphatic rings. The Bertz CT molecular complexity index is 1530. The first-order valence-corrected chi connectivity index (χ1v) is 18.5. The molecular weight excluding hydrogens is 682 g/mol. The van der Waals surface area contributed by atoms with Gasteiger partial charge in [-0.3, -0.25) is 14.5 Å². The Hall–Kier alpha value is -3.37. The zero-order valence-corrected chi connectivity index (χ0v) is 30.7. The predicted molar refractivity (Wildman–Crippen MR) is 199 cm³/mol. The summed E-state index contributed by atoms with van der Waals surface area (Å²) in [7, 11) is 0. The molecule has 4 rings (SSSR count). The Balaban J connectivity index is 1.53. The lowest BCUT2D eigenvalue weighted by molar-refractivity contribution is -0.129. The molecule has 0 aliphatic heterocycles. The predicted octanol–water partition coefficient (Wildman–Crippen LogP) is 7.43. The van der Waals surface area contributed by atoms with Gasteiger partial charge in [0.15, 0.2) is 11.6 Å². The van der Waals surface area contributed by atoms with Crippen LogP contribution in [-0.4, -0.2) is 65.9 Å². The molecule has 3 aromatic rings. The van der Waals surface area contributed by atoms with E-state index < -0.39 is 29.8 Å². The third-order valence-corrected chi connectivity index (χ3v) is 10.5. The molecule has 3 aromatic carbocycles. The van der Waals surface area contributed by atoms with Crippen LogP contribution in [0.25, 0.3) is 0 Å². The largest absolute Gasteiger partial charge is 0.461 e. The van der Waals surface area contributed by atoms with Crippen LogP contribution in [0.2, 0.25) is 0 Å². The van der Waals surface area contributed by atoms with Crippen molar-refractivity contribution in [3.05, 3.63) is 99.5 Å². The first-order chi connectivity index (χ1) is 23.6. The second-order valence-electron chi connectivity index (χ2n) is 13.2. The van der Waals surface area contributed by atoms with Crippen LogP contribution in [0.4, 0.5) is 5.69 Å². The first kappa shape index (κ1) is 38.4. The van der Waals surface area contributed by atoms with Crippen LogP contribution < -0.4 is 11.1 Å². The van der Waals surface area contributed by atoms with E-state index in [4.69, 9.17) is 10.5 Å². The van der Waals surface area contributed by atoms with Gasteiger partial charge in [-0.1, -0.05) is 100 Å². The van der Waals surface area contributed by atoms with Crippen LogP contribution in [-0.2, 0) is 14.9 Å². The molecule has 4 N–H and O–H groups in total. The molecule has 3 unspecified atom stereocenters. The zero-order valence-electron chi connectivity index (χ0n) is 29.1. The summed E-state index contributed by atoms with van der Waals surface area (Å²) in [5, 5.41) is 14.5. The smallest absolute Gasteiger partial charge is 0.338 e. The summed E-state index contributed by atoms with van der Waals surface area (Å²) in [6.45, 7) is 6.00. The van der Waals surface area contributed by atoms with Crippen molar-refractivity contribution in [1.82, 2.24) is 10.2 Å². The van der Waals surface area contributed by atoms with E-state index in [2.05, 4.69) is 28.2 Å². The maximum atomic E-state index is 14.5. The standard InChI is InChI=1S/C40H52BrN3O5/c1-4-6-22-44(35(27-45)38(47)40(3,30-18-12-8-13-19-30)37(46)28-16-10-7-11-17-28)23-24-49-39(48)29-25-32(36(42)33(41)26-29)34(5-2)43-31-20-14-9-15-21-31/h7-8,10-13,16-19,25-26,31,34-35,43,45H,4-6,9,14-15,20-24,27,42H2,1-3H3. The third-order valence-electron chi connectivity index (χ3n) is 9.88. The number of carbonyl (C=O) groups is 3. The maximum Gasteiger partial charge on any atom is 0.338 e. The summed E-state index contributed by atoms with van der Waals surface area (Å²) >= 11 is 3.56. The SMILES string of the molecule is CCCCN(CCOC(=O)c1cc(Br)c(N)c(C(CC)NC2CCCCC2)c1)C(CO)C(=O)C(C)(C(=O)c1ccccc1)c1ccccc1. The molecule has 8 nitrogen and oxygen atoms in total. The topological polar surface area (TPSA) is 122 Å². The number of anilines is 1. The Kier molecular flexibility index (Phi) is 14.6. The number of nitrogen functional groups attached to an aromatic ring is 1. The first-order valence-electron chi connectivity index (χ1n) is 17.7. The van der Waals surface area contributed by atoms with Gasteiger partial charge in [0.2, 0.25) is 0 Å². The summed E-state index contributed by atoms with van der Waals surface area (Å²) in [4.78, 5) is 43.9. The number of nitrogens with zero attached hydrogens (tertiary/aromatic N) is 1. The highest BCUT2D eigenvalue weighted by Gasteiger charge is 2.47. The van der Waals surface area contributed by atoms with Gasteiger partial charge in [0, 0.05) is 28.7 Å². The number of carbonyl (C=O) groups excluding carboxylic acids is 3. The molecule has 0 heterocycles. The van der Waals surface area contributed by atoms with Crippen molar-refractivity contribution in [2.75, 3.05) is 32.0 Å². The van der Waals surface area contributed by atoms with Crippen molar-refractivity contribution in [2.45, 2.75) is 95.7 Å². The van der Waals surface area contributed by atoms with Crippen molar-refractivity contribution in [2.24, 2.45) is 0 Å². The summed E-state index contributed by atoms with van der Waals surface area (Å²) in [5.41, 5.74) is 7.79. The summed E-state index contributed by atoms with van der Waals surface area (Å²) in [6.07, 6.45) is 8.41. The lowest BCUT2D eigenvalue weighted by atomic mass is 9.70. The quantitative estimate of drug-likeness (QED) is 0.0534. The number of nitrogens with two attached hydrogens (primary N) is 1. The summed E-state index contributed by atoms with van der Waals surface area (Å²) < 4.78 is 6.43. The van der Waals surface area contributed by atoms with E-state index in [9.17, 15) is 19.5 Å². The molecule has 0 aromatic heterocycles. The van der Waals surface area contributed by atoms with Crippen molar-refractivity contribution < 1.29 is 24.2 Å². The van der Waals surface area contributed by atoms with Crippen LogP contribution in [0.1, 0.15) is 110 Å². The van der Waals surface area contributed by atoms with Gasteiger partial charge in [-0.05, 0) is 78.3 Å². The number of aliphatic hydroxyl groups is 1. The van der Waals surface area contributed by atoms with Gasteiger partial charge in [-0.15, -0.1) is 0 Å². The number of aliphatic hydroxyl groups excluding tert-OH is 1.